The number of aryl methyl sites for hydroxylation is 1. The molecule has 2 rings (SSSR count). The predicted molar refractivity (Wildman–Crippen MR) is 85.6 cm³/mol. The fourth-order valence-electron chi connectivity index (χ4n) is 2.79. The number of rotatable bonds is 6. The second kappa shape index (κ2) is 6.61. The third-order valence-corrected chi connectivity index (χ3v) is 3.83. The zero-order valence-corrected chi connectivity index (χ0v) is 13.4. The van der Waals surface area contributed by atoms with Crippen molar-refractivity contribution in [1.82, 2.24) is 14.7 Å². The maximum absolute atomic E-state index is 12.6. The van der Waals surface area contributed by atoms with Crippen LogP contribution in [0, 0.1) is 18.3 Å². The Labute approximate surface area is 131 Å². The normalized spacial score (nSPS) is 11.4. The van der Waals surface area contributed by atoms with E-state index in [1.54, 1.807) is 6.33 Å². The molecule has 0 saturated heterocycles. The fraction of sp³-hybridized carbons (Fsp3) is 0.471. The van der Waals surface area contributed by atoms with Crippen LogP contribution in [0.2, 0.25) is 0 Å². The molecule has 0 unspecified atom stereocenters. The molecule has 0 fully saturated rings. The molecule has 0 saturated carbocycles. The SMILES string of the molecule is CCCC(C#N)(CCC)NC(=O)c1ncn2ccc(C)cc12. The summed E-state index contributed by atoms with van der Waals surface area (Å²) in [5.41, 5.74) is 1.39. The Balaban J connectivity index is 2.33. The van der Waals surface area contributed by atoms with E-state index in [9.17, 15) is 10.1 Å². The summed E-state index contributed by atoms with van der Waals surface area (Å²) in [7, 11) is 0. The first kappa shape index (κ1) is 16.0. The van der Waals surface area contributed by atoms with Crippen LogP contribution in [-0.4, -0.2) is 20.8 Å². The van der Waals surface area contributed by atoms with Crippen LogP contribution in [-0.2, 0) is 0 Å². The van der Waals surface area contributed by atoms with Crippen LogP contribution in [0.5, 0.6) is 0 Å². The maximum atomic E-state index is 12.6. The van der Waals surface area contributed by atoms with Crippen molar-refractivity contribution in [1.29, 1.82) is 5.26 Å². The first-order valence-electron chi connectivity index (χ1n) is 7.72. The van der Waals surface area contributed by atoms with E-state index in [2.05, 4.69) is 16.4 Å². The average molecular weight is 298 g/mol. The van der Waals surface area contributed by atoms with Gasteiger partial charge in [-0.05, 0) is 37.5 Å². The van der Waals surface area contributed by atoms with Crippen LogP contribution in [0.15, 0.2) is 24.7 Å². The van der Waals surface area contributed by atoms with E-state index in [1.807, 2.05) is 43.5 Å². The minimum Gasteiger partial charge on any atom is -0.332 e. The summed E-state index contributed by atoms with van der Waals surface area (Å²) < 4.78 is 1.82. The molecule has 0 atom stereocenters. The Kier molecular flexibility index (Phi) is 4.81. The van der Waals surface area contributed by atoms with E-state index < -0.39 is 5.54 Å². The number of carbonyl (C=O) groups excluding carboxylic acids is 1. The molecule has 0 aliphatic heterocycles. The van der Waals surface area contributed by atoms with Gasteiger partial charge in [0, 0.05) is 6.20 Å². The molecule has 0 spiro atoms. The molecule has 0 aromatic carbocycles. The zero-order chi connectivity index (χ0) is 16.2. The maximum Gasteiger partial charge on any atom is 0.273 e. The first-order chi connectivity index (χ1) is 10.5. The number of fused-ring (bicyclic) bond motifs is 1. The zero-order valence-electron chi connectivity index (χ0n) is 13.4. The van der Waals surface area contributed by atoms with E-state index in [0.29, 0.717) is 18.5 Å². The van der Waals surface area contributed by atoms with Crippen LogP contribution in [0.3, 0.4) is 0 Å². The molecule has 2 aromatic rings. The molecule has 22 heavy (non-hydrogen) atoms. The standard InChI is InChI=1S/C17H22N4O/c1-4-7-17(11-18,8-5-2)20-16(22)15-14-10-13(3)6-9-21(14)12-19-15/h6,9-10,12H,4-5,7-8H2,1-3H3,(H,20,22). The number of amides is 1. The van der Waals surface area contributed by atoms with E-state index in [4.69, 9.17) is 0 Å². The van der Waals surface area contributed by atoms with Crippen molar-refractivity contribution in [2.75, 3.05) is 0 Å². The topological polar surface area (TPSA) is 70.2 Å². The van der Waals surface area contributed by atoms with Crippen molar-refractivity contribution in [3.05, 3.63) is 35.9 Å². The Morgan fingerprint density at radius 2 is 2.09 bits per heavy atom. The minimum atomic E-state index is -0.805. The van der Waals surface area contributed by atoms with Gasteiger partial charge in [0.05, 0.1) is 11.6 Å². The Morgan fingerprint density at radius 3 is 2.68 bits per heavy atom. The Morgan fingerprint density at radius 1 is 1.41 bits per heavy atom. The van der Waals surface area contributed by atoms with Gasteiger partial charge >= 0.3 is 0 Å². The number of aromatic nitrogens is 2. The number of nitrogens with zero attached hydrogens (tertiary/aromatic N) is 3. The first-order valence-corrected chi connectivity index (χ1v) is 7.72. The summed E-state index contributed by atoms with van der Waals surface area (Å²) >= 11 is 0. The number of imidazole rings is 1. The van der Waals surface area contributed by atoms with Crippen molar-refractivity contribution in [2.24, 2.45) is 0 Å². The number of hydrogen-bond donors (Lipinski definition) is 1. The summed E-state index contributed by atoms with van der Waals surface area (Å²) in [6.45, 7) is 6.01. The minimum absolute atomic E-state index is 0.281. The monoisotopic (exact) mass is 298 g/mol. The molecule has 2 heterocycles. The van der Waals surface area contributed by atoms with Crippen LogP contribution < -0.4 is 5.32 Å². The van der Waals surface area contributed by atoms with Crippen molar-refractivity contribution >= 4 is 11.4 Å². The molecule has 0 aliphatic rings. The van der Waals surface area contributed by atoms with Crippen molar-refractivity contribution < 1.29 is 4.79 Å². The largest absolute Gasteiger partial charge is 0.332 e. The van der Waals surface area contributed by atoms with Gasteiger partial charge in [-0.2, -0.15) is 5.26 Å². The predicted octanol–water partition coefficient (Wildman–Crippen LogP) is 3.24. The second-order valence-corrected chi connectivity index (χ2v) is 5.74. The van der Waals surface area contributed by atoms with E-state index in [0.717, 1.165) is 23.9 Å². The van der Waals surface area contributed by atoms with Crippen LogP contribution in [0.1, 0.15) is 55.6 Å². The van der Waals surface area contributed by atoms with Gasteiger partial charge in [-0.25, -0.2) is 4.98 Å². The molecule has 0 bridgehead atoms. The molecular weight excluding hydrogens is 276 g/mol. The van der Waals surface area contributed by atoms with Gasteiger partial charge in [-0.3, -0.25) is 4.79 Å². The lowest BCUT2D eigenvalue weighted by Gasteiger charge is -2.26. The highest BCUT2D eigenvalue weighted by Gasteiger charge is 2.31. The fourth-order valence-corrected chi connectivity index (χ4v) is 2.79. The lowest BCUT2D eigenvalue weighted by molar-refractivity contribution is 0.0908. The van der Waals surface area contributed by atoms with E-state index >= 15 is 0 Å². The summed E-state index contributed by atoms with van der Waals surface area (Å²) in [5.74, 6) is -0.281. The molecule has 1 amide bonds. The molecule has 0 aliphatic carbocycles. The highest BCUT2D eigenvalue weighted by atomic mass is 16.2. The highest BCUT2D eigenvalue weighted by Crippen LogP contribution is 2.20. The third-order valence-electron chi connectivity index (χ3n) is 3.83. The quantitative estimate of drug-likeness (QED) is 0.890. The lowest BCUT2D eigenvalue weighted by atomic mass is 9.90. The summed E-state index contributed by atoms with van der Waals surface area (Å²) in [6, 6.07) is 6.19. The number of hydrogen-bond acceptors (Lipinski definition) is 3. The van der Waals surface area contributed by atoms with Gasteiger partial charge in [0.2, 0.25) is 0 Å². The van der Waals surface area contributed by atoms with Crippen LogP contribution in [0.25, 0.3) is 5.52 Å². The van der Waals surface area contributed by atoms with E-state index in [-0.39, 0.29) is 5.91 Å². The molecule has 2 aromatic heterocycles. The Hall–Kier alpha value is -2.35. The van der Waals surface area contributed by atoms with Crippen LogP contribution in [0.4, 0.5) is 0 Å². The smallest absolute Gasteiger partial charge is 0.273 e. The number of nitriles is 1. The molecule has 5 nitrogen and oxygen atoms in total. The van der Waals surface area contributed by atoms with E-state index in [1.165, 1.54) is 0 Å². The number of nitrogens with one attached hydrogen (secondary N) is 1. The summed E-state index contributed by atoms with van der Waals surface area (Å²) in [4.78, 5) is 16.8. The van der Waals surface area contributed by atoms with Gasteiger partial charge in [0.15, 0.2) is 5.69 Å². The average Bonchev–Trinajstić information content (AvgIpc) is 2.90. The van der Waals surface area contributed by atoms with Crippen molar-refractivity contribution in [3.8, 4) is 6.07 Å². The number of carbonyl (C=O) groups is 1. The lowest BCUT2D eigenvalue weighted by Crippen LogP contribution is -2.47. The van der Waals surface area contributed by atoms with Crippen molar-refractivity contribution in [2.45, 2.75) is 52.0 Å². The number of pyridine rings is 1. The molecule has 116 valence electrons. The van der Waals surface area contributed by atoms with Gasteiger partial charge in [-0.15, -0.1) is 0 Å². The Bertz CT molecular complexity index is 705. The van der Waals surface area contributed by atoms with Crippen LogP contribution >= 0.6 is 0 Å². The molecule has 0 radical (unpaired) electrons. The molecule has 5 heteroatoms. The highest BCUT2D eigenvalue weighted by molar-refractivity contribution is 5.99. The molecular formula is C17H22N4O. The summed E-state index contributed by atoms with van der Waals surface area (Å²) in [6.07, 6.45) is 6.48. The van der Waals surface area contributed by atoms with Gasteiger partial charge in [0.1, 0.15) is 11.9 Å². The van der Waals surface area contributed by atoms with Crippen molar-refractivity contribution in [3.63, 3.8) is 0 Å². The van der Waals surface area contributed by atoms with Gasteiger partial charge < -0.3 is 9.72 Å². The van der Waals surface area contributed by atoms with Gasteiger partial charge in [-0.1, -0.05) is 26.7 Å². The second-order valence-electron chi connectivity index (χ2n) is 5.74. The summed E-state index contributed by atoms with van der Waals surface area (Å²) in [5, 5.41) is 12.5. The van der Waals surface area contributed by atoms with Gasteiger partial charge in [0.25, 0.3) is 5.91 Å². The third kappa shape index (κ3) is 3.11. The molecule has 1 N–H and O–H groups in total.